The van der Waals surface area contributed by atoms with E-state index in [0.29, 0.717) is 24.9 Å². The zero-order valence-electron chi connectivity index (χ0n) is 20.4. The van der Waals surface area contributed by atoms with Crippen LogP contribution in [0.5, 0.6) is 0 Å². The molecule has 0 spiro atoms. The predicted molar refractivity (Wildman–Crippen MR) is 135 cm³/mol. The highest BCUT2D eigenvalue weighted by molar-refractivity contribution is 7.89. The van der Waals surface area contributed by atoms with E-state index in [1.54, 1.807) is 0 Å². The monoisotopic (exact) mass is 557 g/mol. The molecule has 0 unspecified atom stereocenters. The predicted octanol–water partition coefficient (Wildman–Crippen LogP) is 4.41. The fourth-order valence-electron chi connectivity index (χ4n) is 4.22. The van der Waals surface area contributed by atoms with E-state index in [1.165, 1.54) is 18.3 Å². The SMILES string of the molecule is Cc1nc(NC2CCC(NS(=O)(=O)c3cccn3-c3ncc(C(F)(F)F)cc3Cl)CC2)cc(N(C)C)n1. The van der Waals surface area contributed by atoms with Crippen LogP contribution in [0.2, 0.25) is 5.02 Å². The number of nitrogens with zero attached hydrogens (tertiary/aromatic N) is 5. The largest absolute Gasteiger partial charge is 0.417 e. The molecule has 3 aromatic rings. The number of nitrogens with one attached hydrogen (secondary N) is 2. The van der Waals surface area contributed by atoms with Crippen molar-refractivity contribution in [3.8, 4) is 5.82 Å². The number of pyridine rings is 1. The third-order valence-corrected chi connectivity index (χ3v) is 7.85. The highest BCUT2D eigenvalue weighted by Gasteiger charge is 2.33. The molecule has 14 heteroatoms. The van der Waals surface area contributed by atoms with Crippen molar-refractivity contribution in [2.24, 2.45) is 0 Å². The molecule has 4 rings (SSSR count). The minimum atomic E-state index is -4.61. The summed E-state index contributed by atoms with van der Waals surface area (Å²) >= 11 is 6.04. The molecule has 1 fully saturated rings. The van der Waals surface area contributed by atoms with Gasteiger partial charge in [-0.25, -0.2) is 28.1 Å². The summed E-state index contributed by atoms with van der Waals surface area (Å²) in [7, 11) is -0.195. The summed E-state index contributed by atoms with van der Waals surface area (Å²) in [4.78, 5) is 14.5. The van der Waals surface area contributed by atoms with Gasteiger partial charge in [0.25, 0.3) is 10.0 Å². The van der Waals surface area contributed by atoms with E-state index in [1.807, 2.05) is 32.0 Å². The van der Waals surface area contributed by atoms with E-state index in [4.69, 9.17) is 11.6 Å². The zero-order valence-corrected chi connectivity index (χ0v) is 22.0. The Hall–Kier alpha value is -2.90. The van der Waals surface area contributed by atoms with Crippen molar-refractivity contribution in [2.75, 3.05) is 24.3 Å². The lowest BCUT2D eigenvalue weighted by atomic mass is 9.92. The Morgan fingerprint density at radius 2 is 1.78 bits per heavy atom. The first-order valence-electron chi connectivity index (χ1n) is 11.6. The molecule has 0 radical (unpaired) electrons. The van der Waals surface area contributed by atoms with Crippen LogP contribution < -0.4 is 14.9 Å². The van der Waals surface area contributed by atoms with Crippen molar-refractivity contribution in [1.29, 1.82) is 0 Å². The summed E-state index contributed by atoms with van der Waals surface area (Å²) in [5, 5.41) is 2.95. The van der Waals surface area contributed by atoms with Crippen LogP contribution in [0.25, 0.3) is 5.82 Å². The first kappa shape index (κ1) is 27.1. The number of aromatic nitrogens is 4. The van der Waals surface area contributed by atoms with E-state index < -0.39 is 21.8 Å². The molecule has 9 nitrogen and oxygen atoms in total. The van der Waals surface area contributed by atoms with E-state index in [2.05, 4.69) is 25.0 Å². The number of anilines is 2. The maximum atomic E-state index is 13.2. The number of sulfonamides is 1. The topological polar surface area (TPSA) is 105 Å². The van der Waals surface area contributed by atoms with Gasteiger partial charge < -0.3 is 10.2 Å². The van der Waals surface area contributed by atoms with E-state index in [9.17, 15) is 21.6 Å². The molecule has 1 aliphatic rings. The molecule has 0 saturated heterocycles. The van der Waals surface area contributed by atoms with Crippen LogP contribution in [0.3, 0.4) is 0 Å². The lowest BCUT2D eigenvalue weighted by Gasteiger charge is -2.30. The fraction of sp³-hybridized carbons (Fsp3) is 0.435. The van der Waals surface area contributed by atoms with Crippen LogP contribution >= 0.6 is 11.6 Å². The summed E-state index contributed by atoms with van der Waals surface area (Å²) in [5.41, 5.74) is -1.02. The first-order valence-corrected chi connectivity index (χ1v) is 13.4. The summed E-state index contributed by atoms with van der Waals surface area (Å²) in [6, 6.07) is 5.25. The molecule has 200 valence electrons. The van der Waals surface area contributed by atoms with Crippen LogP contribution in [0.1, 0.15) is 37.1 Å². The Balaban J connectivity index is 1.42. The van der Waals surface area contributed by atoms with Crippen molar-refractivity contribution >= 4 is 33.3 Å². The highest BCUT2D eigenvalue weighted by atomic mass is 35.5. The first-order chi connectivity index (χ1) is 17.3. The van der Waals surface area contributed by atoms with Gasteiger partial charge in [0.05, 0.1) is 10.6 Å². The Labute approximate surface area is 218 Å². The maximum Gasteiger partial charge on any atom is 0.417 e. The molecule has 0 bridgehead atoms. The van der Waals surface area contributed by atoms with Gasteiger partial charge in [-0.15, -0.1) is 0 Å². The fourth-order valence-corrected chi connectivity index (χ4v) is 5.94. The average molecular weight is 558 g/mol. The second-order valence-corrected chi connectivity index (χ2v) is 11.2. The van der Waals surface area contributed by atoms with Crippen LogP contribution in [-0.2, 0) is 16.2 Å². The third kappa shape index (κ3) is 6.33. The van der Waals surface area contributed by atoms with Crippen LogP contribution in [0.15, 0.2) is 41.7 Å². The summed E-state index contributed by atoms with van der Waals surface area (Å²) in [6.07, 6.45) is 0.0458. The molecule has 0 atom stereocenters. The van der Waals surface area contributed by atoms with Crippen LogP contribution in [0, 0.1) is 6.92 Å². The molecule has 1 aliphatic carbocycles. The molecule has 37 heavy (non-hydrogen) atoms. The molecule has 0 aromatic carbocycles. The minimum absolute atomic E-state index is 0.106. The molecule has 0 amide bonds. The molecule has 0 aliphatic heterocycles. The minimum Gasteiger partial charge on any atom is -0.367 e. The van der Waals surface area contributed by atoms with Gasteiger partial charge in [-0.05, 0) is 50.8 Å². The Morgan fingerprint density at radius 3 is 2.41 bits per heavy atom. The number of hydrogen-bond acceptors (Lipinski definition) is 7. The van der Waals surface area contributed by atoms with E-state index in [-0.39, 0.29) is 28.0 Å². The Kier molecular flexibility index (Phi) is 7.67. The summed E-state index contributed by atoms with van der Waals surface area (Å²) < 4.78 is 69.1. The standard InChI is InChI=1S/C23H27ClF3N7O2S/c1-14-29-19(12-20(30-14)33(2)3)31-16-6-8-17(9-7-16)32-37(35,36)21-5-4-10-34(21)22-18(24)11-15(13-28-22)23(25,26)27/h4-5,10-13,16-17,32H,6-9H2,1-3H3,(H,29,30,31). The third-order valence-electron chi connectivity index (χ3n) is 6.05. The summed E-state index contributed by atoms with van der Waals surface area (Å²) in [6.45, 7) is 1.83. The summed E-state index contributed by atoms with van der Waals surface area (Å²) in [5.74, 6) is 2.06. The average Bonchev–Trinajstić information content (AvgIpc) is 3.30. The highest BCUT2D eigenvalue weighted by Crippen LogP contribution is 2.33. The Bertz CT molecular complexity index is 1370. The van der Waals surface area contributed by atoms with Gasteiger partial charge in [-0.2, -0.15) is 13.2 Å². The lowest BCUT2D eigenvalue weighted by molar-refractivity contribution is -0.137. The number of alkyl halides is 3. The lowest BCUT2D eigenvalue weighted by Crippen LogP contribution is -2.40. The van der Waals surface area contributed by atoms with Gasteiger partial charge in [0.1, 0.15) is 17.5 Å². The van der Waals surface area contributed by atoms with Gasteiger partial charge in [-0.1, -0.05) is 11.6 Å². The van der Waals surface area contributed by atoms with E-state index in [0.717, 1.165) is 35.1 Å². The van der Waals surface area contributed by atoms with Crippen molar-refractivity contribution in [3.05, 3.63) is 53.1 Å². The quantitative estimate of drug-likeness (QED) is 0.443. The number of hydrogen-bond donors (Lipinski definition) is 2. The van der Waals surface area contributed by atoms with Gasteiger partial charge in [0.2, 0.25) is 0 Å². The van der Waals surface area contributed by atoms with Crippen molar-refractivity contribution in [1.82, 2.24) is 24.2 Å². The molecule has 1 saturated carbocycles. The van der Waals surface area contributed by atoms with Crippen molar-refractivity contribution < 1.29 is 21.6 Å². The smallest absolute Gasteiger partial charge is 0.367 e. The molecule has 3 heterocycles. The molecular formula is C23H27ClF3N7O2S. The second kappa shape index (κ2) is 10.5. The zero-order chi connectivity index (χ0) is 27.0. The molecule has 2 N–H and O–H groups in total. The van der Waals surface area contributed by atoms with Gasteiger partial charge >= 0.3 is 6.18 Å². The van der Waals surface area contributed by atoms with Crippen LogP contribution in [0.4, 0.5) is 24.8 Å². The van der Waals surface area contributed by atoms with E-state index >= 15 is 0 Å². The van der Waals surface area contributed by atoms with Gasteiger partial charge in [0, 0.05) is 44.6 Å². The molecule has 3 aromatic heterocycles. The number of rotatable bonds is 7. The number of aryl methyl sites for hydroxylation is 1. The Morgan fingerprint density at radius 1 is 1.11 bits per heavy atom. The van der Waals surface area contributed by atoms with Crippen molar-refractivity contribution in [2.45, 2.75) is 55.9 Å². The van der Waals surface area contributed by atoms with Crippen molar-refractivity contribution in [3.63, 3.8) is 0 Å². The number of halogens is 4. The second-order valence-electron chi connectivity index (χ2n) is 9.11. The van der Waals surface area contributed by atoms with Gasteiger partial charge in [-0.3, -0.25) is 4.57 Å². The normalized spacial score (nSPS) is 18.6. The molecular weight excluding hydrogens is 531 g/mol. The van der Waals surface area contributed by atoms with Crippen LogP contribution in [-0.4, -0.2) is 54.1 Å². The maximum absolute atomic E-state index is 13.2. The van der Waals surface area contributed by atoms with Gasteiger partial charge in [0.15, 0.2) is 10.8 Å².